The van der Waals surface area contributed by atoms with E-state index < -0.39 is 0 Å². The number of hydrogen-bond acceptors (Lipinski definition) is 4. The van der Waals surface area contributed by atoms with Gasteiger partial charge in [0.25, 0.3) is 5.91 Å². The van der Waals surface area contributed by atoms with E-state index in [1.807, 2.05) is 55.5 Å². The molecule has 3 aromatic rings. The molecule has 120 valence electrons. The van der Waals surface area contributed by atoms with E-state index in [0.717, 1.165) is 22.6 Å². The standard InChI is InChI=1S/C19H18N4O/c1-14-6-2-3-8-17(14)23-16-9-10-18(21-13-16)19(24)22-12-15-7-4-5-11-20-15/h2-11,13,23H,12H2,1H3,(H,22,24). The molecule has 0 radical (unpaired) electrons. The summed E-state index contributed by atoms with van der Waals surface area (Å²) in [6, 6.07) is 17.1. The van der Waals surface area contributed by atoms with Gasteiger partial charge in [-0.15, -0.1) is 0 Å². The number of amides is 1. The molecule has 0 unspecified atom stereocenters. The second-order valence-corrected chi connectivity index (χ2v) is 5.38. The molecule has 2 N–H and O–H groups in total. The molecule has 2 heterocycles. The Bertz CT molecular complexity index is 816. The van der Waals surface area contributed by atoms with Gasteiger partial charge in [-0.05, 0) is 42.8 Å². The fourth-order valence-electron chi connectivity index (χ4n) is 2.23. The van der Waals surface area contributed by atoms with Crippen LogP contribution in [0.4, 0.5) is 11.4 Å². The molecule has 0 saturated heterocycles. The Morgan fingerprint density at radius 2 is 1.83 bits per heavy atom. The maximum absolute atomic E-state index is 12.1. The lowest BCUT2D eigenvalue weighted by molar-refractivity contribution is 0.0945. The molecule has 5 nitrogen and oxygen atoms in total. The summed E-state index contributed by atoms with van der Waals surface area (Å²) >= 11 is 0. The highest BCUT2D eigenvalue weighted by Gasteiger charge is 2.07. The number of hydrogen-bond donors (Lipinski definition) is 2. The molecule has 0 fully saturated rings. The molecule has 0 aliphatic rings. The lowest BCUT2D eigenvalue weighted by Crippen LogP contribution is -2.24. The van der Waals surface area contributed by atoms with Crippen molar-refractivity contribution >= 4 is 17.3 Å². The Kier molecular flexibility index (Phi) is 4.81. The fraction of sp³-hybridized carbons (Fsp3) is 0.105. The first-order chi connectivity index (χ1) is 11.7. The van der Waals surface area contributed by atoms with E-state index in [9.17, 15) is 4.79 Å². The molecule has 3 rings (SSSR count). The third kappa shape index (κ3) is 3.95. The van der Waals surface area contributed by atoms with Crippen LogP contribution >= 0.6 is 0 Å². The minimum absolute atomic E-state index is 0.219. The van der Waals surface area contributed by atoms with Crippen molar-refractivity contribution in [3.05, 3.63) is 83.9 Å². The number of benzene rings is 1. The summed E-state index contributed by atoms with van der Waals surface area (Å²) in [6.45, 7) is 2.42. The predicted molar refractivity (Wildman–Crippen MR) is 94.1 cm³/mol. The minimum atomic E-state index is -0.219. The Hall–Kier alpha value is -3.21. The van der Waals surface area contributed by atoms with Crippen LogP contribution in [-0.4, -0.2) is 15.9 Å². The third-order valence-corrected chi connectivity index (χ3v) is 3.58. The molecule has 24 heavy (non-hydrogen) atoms. The highest BCUT2D eigenvalue weighted by Crippen LogP contribution is 2.19. The van der Waals surface area contributed by atoms with E-state index in [1.54, 1.807) is 18.5 Å². The number of aryl methyl sites for hydroxylation is 1. The van der Waals surface area contributed by atoms with E-state index in [-0.39, 0.29) is 5.91 Å². The second kappa shape index (κ2) is 7.37. The van der Waals surface area contributed by atoms with E-state index in [4.69, 9.17) is 0 Å². The van der Waals surface area contributed by atoms with Crippen LogP contribution in [0.15, 0.2) is 67.0 Å². The largest absolute Gasteiger partial charge is 0.354 e. The molecule has 5 heteroatoms. The van der Waals surface area contributed by atoms with Gasteiger partial charge in [-0.1, -0.05) is 24.3 Å². The topological polar surface area (TPSA) is 66.9 Å². The van der Waals surface area contributed by atoms with Gasteiger partial charge in [0.1, 0.15) is 5.69 Å². The molecular formula is C19H18N4O. The lowest BCUT2D eigenvalue weighted by Gasteiger charge is -2.09. The Balaban J connectivity index is 1.61. The Morgan fingerprint density at radius 3 is 2.54 bits per heavy atom. The summed E-state index contributed by atoms with van der Waals surface area (Å²) in [6.07, 6.45) is 3.36. The van der Waals surface area contributed by atoms with Gasteiger partial charge in [-0.3, -0.25) is 9.78 Å². The van der Waals surface area contributed by atoms with Crippen LogP contribution in [-0.2, 0) is 6.54 Å². The lowest BCUT2D eigenvalue weighted by atomic mass is 10.2. The Morgan fingerprint density at radius 1 is 1.00 bits per heavy atom. The van der Waals surface area contributed by atoms with Crippen molar-refractivity contribution < 1.29 is 4.79 Å². The minimum Gasteiger partial charge on any atom is -0.354 e. The smallest absolute Gasteiger partial charge is 0.270 e. The van der Waals surface area contributed by atoms with Gasteiger partial charge in [0.2, 0.25) is 0 Å². The SMILES string of the molecule is Cc1ccccc1Nc1ccc(C(=O)NCc2ccccn2)nc1. The fourth-order valence-corrected chi connectivity index (χ4v) is 2.23. The molecular weight excluding hydrogens is 300 g/mol. The van der Waals surface area contributed by atoms with Crippen LogP contribution in [0.5, 0.6) is 0 Å². The zero-order valence-corrected chi connectivity index (χ0v) is 13.4. The van der Waals surface area contributed by atoms with Crippen molar-refractivity contribution in [1.82, 2.24) is 15.3 Å². The number of aromatic nitrogens is 2. The summed E-state index contributed by atoms with van der Waals surface area (Å²) in [7, 11) is 0. The molecule has 0 spiro atoms. The van der Waals surface area contributed by atoms with Crippen molar-refractivity contribution in [1.29, 1.82) is 0 Å². The maximum Gasteiger partial charge on any atom is 0.270 e. The van der Waals surface area contributed by atoms with Gasteiger partial charge >= 0.3 is 0 Å². The second-order valence-electron chi connectivity index (χ2n) is 5.38. The number of nitrogens with one attached hydrogen (secondary N) is 2. The van der Waals surface area contributed by atoms with Crippen molar-refractivity contribution in [2.45, 2.75) is 13.5 Å². The summed E-state index contributed by atoms with van der Waals surface area (Å²) in [5, 5.41) is 6.10. The van der Waals surface area contributed by atoms with Gasteiger partial charge in [-0.2, -0.15) is 0 Å². The van der Waals surface area contributed by atoms with Crippen LogP contribution in [0, 0.1) is 6.92 Å². The van der Waals surface area contributed by atoms with Gasteiger partial charge in [0.05, 0.1) is 24.1 Å². The molecule has 0 aliphatic carbocycles. The average molecular weight is 318 g/mol. The predicted octanol–water partition coefficient (Wildman–Crippen LogP) is 3.46. The number of carbonyl (C=O) groups is 1. The molecule has 1 aromatic carbocycles. The van der Waals surface area contributed by atoms with Gasteiger partial charge in [-0.25, -0.2) is 4.98 Å². The normalized spacial score (nSPS) is 10.2. The van der Waals surface area contributed by atoms with Gasteiger partial charge in [0, 0.05) is 11.9 Å². The molecule has 1 amide bonds. The summed E-state index contributed by atoms with van der Waals surface area (Å²) in [5.41, 5.74) is 4.19. The van der Waals surface area contributed by atoms with Crippen molar-refractivity contribution in [3.63, 3.8) is 0 Å². The van der Waals surface area contributed by atoms with Crippen molar-refractivity contribution in [2.75, 3.05) is 5.32 Å². The summed E-state index contributed by atoms with van der Waals surface area (Å²) in [4.78, 5) is 20.5. The molecule has 0 atom stereocenters. The first-order valence-corrected chi connectivity index (χ1v) is 7.69. The number of nitrogens with zero attached hydrogens (tertiary/aromatic N) is 2. The highest BCUT2D eigenvalue weighted by molar-refractivity contribution is 5.92. The molecule has 0 aliphatic heterocycles. The zero-order valence-electron chi connectivity index (χ0n) is 13.4. The number of rotatable bonds is 5. The Labute approximate surface area is 140 Å². The monoisotopic (exact) mass is 318 g/mol. The van der Waals surface area contributed by atoms with Gasteiger partial charge in [0.15, 0.2) is 0 Å². The van der Waals surface area contributed by atoms with Crippen LogP contribution in [0.1, 0.15) is 21.7 Å². The summed E-state index contributed by atoms with van der Waals surface area (Å²) < 4.78 is 0. The van der Waals surface area contributed by atoms with Crippen LogP contribution in [0.2, 0.25) is 0 Å². The summed E-state index contributed by atoms with van der Waals surface area (Å²) in [5.74, 6) is -0.219. The average Bonchev–Trinajstić information content (AvgIpc) is 2.63. The first-order valence-electron chi connectivity index (χ1n) is 7.69. The van der Waals surface area contributed by atoms with E-state index in [1.165, 1.54) is 0 Å². The zero-order chi connectivity index (χ0) is 16.8. The number of pyridine rings is 2. The van der Waals surface area contributed by atoms with Crippen LogP contribution in [0.25, 0.3) is 0 Å². The maximum atomic E-state index is 12.1. The first kappa shape index (κ1) is 15.7. The van der Waals surface area contributed by atoms with E-state index >= 15 is 0 Å². The molecule has 0 saturated carbocycles. The molecule has 2 aromatic heterocycles. The van der Waals surface area contributed by atoms with Gasteiger partial charge < -0.3 is 10.6 Å². The number of carbonyl (C=O) groups excluding carboxylic acids is 1. The quantitative estimate of drug-likeness (QED) is 0.756. The number of para-hydroxylation sites is 1. The molecule has 0 bridgehead atoms. The third-order valence-electron chi connectivity index (χ3n) is 3.58. The van der Waals surface area contributed by atoms with E-state index in [0.29, 0.717) is 12.2 Å². The number of anilines is 2. The van der Waals surface area contributed by atoms with Crippen molar-refractivity contribution in [3.8, 4) is 0 Å². The highest BCUT2D eigenvalue weighted by atomic mass is 16.1. The van der Waals surface area contributed by atoms with Crippen LogP contribution < -0.4 is 10.6 Å². The van der Waals surface area contributed by atoms with Crippen molar-refractivity contribution in [2.24, 2.45) is 0 Å². The van der Waals surface area contributed by atoms with Crippen LogP contribution in [0.3, 0.4) is 0 Å². The van der Waals surface area contributed by atoms with E-state index in [2.05, 4.69) is 20.6 Å².